The Kier molecular flexibility index (Phi) is 7.06. The van der Waals surface area contributed by atoms with E-state index in [1.54, 1.807) is 6.07 Å². The number of nitrogens with one attached hydrogen (secondary N) is 1. The number of amides is 2. The lowest BCUT2D eigenvalue weighted by Gasteiger charge is -2.34. The lowest BCUT2D eigenvalue weighted by Crippen LogP contribution is -2.48. The first-order valence-corrected chi connectivity index (χ1v) is 9.99. The molecule has 1 heterocycles. The first kappa shape index (κ1) is 20.4. The Morgan fingerprint density at radius 3 is 2.36 bits per heavy atom. The van der Waals surface area contributed by atoms with Gasteiger partial charge in [-0.25, -0.2) is 0 Å². The zero-order valence-electron chi connectivity index (χ0n) is 16.2. The molecule has 1 fully saturated rings. The monoisotopic (exact) mass is 399 g/mol. The highest BCUT2D eigenvalue weighted by Gasteiger charge is 2.21. The molecular formula is C22H26ClN3O2. The normalized spacial score (nSPS) is 14.7. The molecule has 1 aliphatic rings. The highest BCUT2D eigenvalue weighted by Crippen LogP contribution is 2.13. The number of piperazine rings is 1. The molecule has 2 aromatic rings. The number of hydrogen-bond acceptors (Lipinski definition) is 3. The molecule has 5 nitrogen and oxygen atoms in total. The van der Waals surface area contributed by atoms with Crippen molar-refractivity contribution in [2.45, 2.75) is 19.9 Å². The summed E-state index contributed by atoms with van der Waals surface area (Å²) in [5.41, 5.74) is 2.82. The first-order valence-electron chi connectivity index (χ1n) is 9.61. The molecule has 0 saturated carbocycles. The SMILES string of the molecule is Cc1ccccc1C(=O)NCCC(=O)N1CCN(Cc2ccc(Cl)cc2)CC1. The van der Waals surface area contributed by atoms with E-state index in [0.29, 0.717) is 18.5 Å². The molecule has 1 N–H and O–H groups in total. The van der Waals surface area contributed by atoms with E-state index in [4.69, 9.17) is 11.6 Å². The molecule has 6 heteroatoms. The van der Waals surface area contributed by atoms with Crippen LogP contribution in [0.1, 0.15) is 27.9 Å². The number of hydrogen-bond donors (Lipinski definition) is 1. The molecule has 2 amide bonds. The third kappa shape index (κ3) is 5.57. The second-order valence-corrected chi connectivity index (χ2v) is 7.54. The molecule has 0 aliphatic carbocycles. The van der Waals surface area contributed by atoms with E-state index in [0.717, 1.165) is 43.3 Å². The minimum atomic E-state index is -0.126. The molecule has 2 aromatic carbocycles. The summed E-state index contributed by atoms with van der Waals surface area (Å²) in [5, 5.41) is 3.59. The van der Waals surface area contributed by atoms with Crippen molar-refractivity contribution in [3.63, 3.8) is 0 Å². The quantitative estimate of drug-likeness (QED) is 0.812. The molecule has 0 bridgehead atoms. The number of carbonyl (C=O) groups excluding carboxylic acids is 2. The molecule has 148 valence electrons. The average Bonchev–Trinajstić information content (AvgIpc) is 2.70. The van der Waals surface area contributed by atoms with Crippen LogP contribution in [-0.4, -0.2) is 54.3 Å². The van der Waals surface area contributed by atoms with Crippen LogP contribution in [0.25, 0.3) is 0 Å². The van der Waals surface area contributed by atoms with Gasteiger partial charge in [0.05, 0.1) is 0 Å². The molecule has 0 spiro atoms. The molecule has 0 radical (unpaired) electrons. The Labute approximate surface area is 171 Å². The predicted molar refractivity (Wildman–Crippen MR) is 111 cm³/mol. The maximum Gasteiger partial charge on any atom is 0.251 e. The largest absolute Gasteiger partial charge is 0.352 e. The van der Waals surface area contributed by atoms with Crippen LogP contribution < -0.4 is 5.32 Å². The Hall–Kier alpha value is -2.37. The third-order valence-corrected chi connectivity index (χ3v) is 5.31. The van der Waals surface area contributed by atoms with E-state index in [-0.39, 0.29) is 11.8 Å². The zero-order chi connectivity index (χ0) is 19.9. The fraction of sp³-hybridized carbons (Fsp3) is 0.364. The predicted octanol–water partition coefficient (Wildman–Crippen LogP) is 3.11. The molecule has 0 aromatic heterocycles. The van der Waals surface area contributed by atoms with Crippen LogP contribution in [0.2, 0.25) is 5.02 Å². The Bertz CT molecular complexity index is 815. The van der Waals surface area contributed by atoms with Gasteiger partial charge in [0.25, 0.3) is 5.91 Å². The molecule has 0 unspecified atom stereocenters. The molecule has 1 aliphatic heterocycles. The van der Waals surface area contributed by atoms with Crippen molar-refractivity contribution in [1.29, 1.82) is 0 Å². The topological polar surface area (TPSA) is 52.7 Å². The maximum absolute atomic E-state index is 12.4. The number of benzene rings is 2. The zero-order valence-corrected chi connectivity index (χ0v) is 16.9. The summed E-state index contributed by atoms with van der Waals surface area (Å²) >= 11 is 5.93. The smallest absolute Gasteiger partial charge is 0.251 e. The fourth-order valence-corrected chi connectivity index (χ4v) is 3.49. The molecule has 3 rings (SSSR count). The highest BCUT2D eigenvalue weighted by molar-refractivity contribution is 6.30. The standard InChI is InChI=1S/C22H26ClN3O2/c1-17-4-2-3-5-20(17)22(28)24-11-10-21(27)26-14-12-25(13-15-26)16-18-6-8-19(23)9-7-18/h2-9H,10-16H2,1H3,(H,24,28). The summed E-state index contributed by atoms with van der Waals surface area (Å²) in [6.07, 6.45) is 0.328. The van der Waals surface area contributed by atoms with Gasteiger partial charge in [0.15, 0.2) is 0 Å². The van der Waals surface area contributed by atoms with Gasteiger partial charge in [0, 0.05) is 56.3 Å². The van der Waals surface area contributed by atoms with Crippen LogP contribution in [0.15, 0.2) is 48.5 Å². The number of carbonyl (C=O) groups is 2. The van der Waals surface area contributed by atoms with Gasteiger partial charge in [0.2, 0.25) is 5.91 Å². The van der Waals surface area contributed by atoms with Crippen molar-refractivity contribution >= 4 is 23.4 Å². The van der Waals surface area contributed by atoms with Gasteiger partial charge < -0.3 is 10.2 Å². The van der Waals surface area contributed by atoms with Gasteiger partial charge in [-0.2, -0.15) is 0 Å². The Balaban J connectivity index is 1.38. The Morgan fingerprint density at radius 1 is 1.00 bits per heavy atom. The van der Waals surface area contributed by atoms with Crippen molar-refractivity contribution in [2.75, 3.05) is 32.7 Å². The minimum Gasteiger partial charge on any atom is -0.352 e. The van der Waals surface area contributed by atoms with E-state index < -0.39 is 0 Å². The van der Waals surface area contributed by atoms with Crippen LogP contribution in [0.3, 0.4) is 0 Å². The summed E-state index contributed by atoms with van der Waals surface area (Å²) in [6, 6.07) is 15.3. The summed E-state index contributed by atoms with van der Waals surface area (Å²) in [6.45, 7) is 6.27. The van der Waals surface area contributed by atoms with Crippen LogP contribution in [0.5, 0.6) is 0 Å². The van der Waals surface area contributed by atoms with E-state index >= 15 is 0 Å². The number of aryl methyl sites for hydroxylation is 1. The summed E-state index contributed by atoms with van der Waals surface area (Å²) in [4.78, 5) is 28.9. The lowest BCUT2D eigenvalue weighted by molar-refractivity contribution is -0.132. The van der Waals surface area contributed by atoms with Gasteiger partial charge in [-0.15, -0.1) is 0 Å². The third-order valence-electron chi connectivity index (χ3n) is 5.06. The van der Waals surface area contributed by atoms with Crippen molar-refractivity contribution in [3.8, 4) is 0 Å². The van der Waals surface area contributed by atoms with Crippen molar-refractivity contribution in [3.05, 3.63) is 70.2 Å². The molecule has 28 heavy (non-hydrogen) atoms. The Morgan fingerprint density at radius 2 is 1.68 bits per heavy atom. The van der Waals surface area contributed by atoms with E-state index in [1.165, 1.54) is 5.56 Å². The van der Waals surface area contributed by atoms with Crippen LogP contribution in [0, 0.1) is 6.92 Å². The second kappa shape index (κ2) is 9.71. The average molecular weight is 400 g/mol. The van der Waals surface area contributed by atoms with E-state index in [1.807, 2.05) is 54.3 Å². The summed E-state index contributed by atoms with van der Waals surface area (Å²) in [7, 11) is 0. The van der Waals surface area contributed by atoms with Gasteiger partial charge in [0.1, 0.15) is 0 Å². The van der Waals surface area contributed by atoms with Crippen LogP contribution in [-0.2, 0) is 11.3 Å². The fourth-order valence-electron chi connectivity index (χ4n) is 3.37. The van der Waals surface area contributed by atoms with Gasteiger partial charge in [-0.3, -0.25) is 14.5 Å². The lowest BCUT2D eigenvalue weighted by atomic mass is 10.1. The molecule has 0 atom stereocenters. The van der Waals surface area contributed by atoms with E-state index in [9.17, 15) is 9.59 Å². The van der Waals surface area contributed by atoms with Crippen molar-refractivity contribution in [1.82, 2.24) is 15.1 Å². The van der Waals surface area contributed by atoms with Crippen LogP contribution in [0.4, 0.5) is 0 Å². The summed E-state index contributed by atoms with van der Waals surface area (Å²) in [5.74, 6) is -0.0325. The molecule has 1 saturated heterocycles. The maximum atomic E-state index is 12.4. The molecular weight excluding hydrogens is 374 g/mol. The number of nitrogens with zero attached hydrogens (tertiary/aromatic N) is 2. The number of halogens is 1. The highest BCUT2D eigenvalue weighted by atomic mass is 35.5. The second-order valence-electron chi connectivity index (χ2n) is 7.10. The van der Waals surface area contributed by atoms with Gasteiger partial charge in [-0.05, 0) is 36.2 Å². The van der Waals surface area contributed by atoms with Crippen LogP contribution >= 0.6 is 11.6 Å². The van der Waals surface area contributed by atoms with Crippen molar-refractivity contribution < 1.29 is 9.59 Å². The number of rotatable bonds is 6. The summed E-state index contributed by atoms with van der Waals surface area (Å²) < 4.78 is 0. The first-order chi connectivity index (χ1) is 13.5. The van der Waals surface area contributed by atoms with Gasteiger partial charge >= 0.3 is 0 Å². The minimum absolute atomic E-state index is 0.0937. The van der Waals surface area contributed by atoms with Gasteiger partial charge in [-0.1, -0.05) is 41.9 Å². The van der Waals surface area contributed by atoms with E-state index in [2.05, 4.69) is 10.2 Å². The van der Waals surface area contributed by atoms with Crippen molar-refractivity contribution in [2.24, 2.45) is 0 Å².